The third-order valence-electron chi connectivity index (χ3n) is 4.86. The Morgan fingerprint density at radius 2 is 1.50 bits per heavy atom. The fourth-order valence-electron chi connectivity index (χ4n) is 3.11. The highest BCUT2D eigenvalue weighted by molar-refractivity contribution is 7.92. The normalized spacial score (nSPS) is 11.2. The summed E-state index contributed by atoms with van der Waals surface area (Å²) in [5, 5.41) is 2.90. The second-order valence-electron chi connectivity index (χ2n) is 7.34. The van der Waals surface area contributed by atoms with E-state index in [1.165, 1.54) is 4.31 Å². The van der Waals surface area contributed by atoms with Crippen LogP contribution in [0.3, 0.4) is 0 Å². The summed E-state index contributed by atoms with van der Waals surface area (Å²) >= 11 is 0. The average Bonchev–Trinajstić information content (AvgIpc) is 2.72. The summed E-state index contributed by atoms with van der Waals surface area (Å²) in [6, 6.07) is 21.4. The Morgan fingerprint density at radius 3 is 2.17 bits per heavy atom. The Balaban J connectivity index is 1.82. The first-order chi connectivity index (χ1) is 14.3. The van der Waals surface area contributed by atoms with Crippen LogP contribution in [-0.2, 0) is 14.8 Å². The summed E-state index contributed by atoms with van der Waals surface area (Å²) in [5.41, 5.74) is 4.25. The maximum atomic E-state index is 13.3. The second-order valence-corrected chi connectivity index (χ2v) is 9.20. The third kappa shape index (κ3) is 5.07. The van der Waals surface area contributed by atoms with E-state index in [1.807, 2.05) is 45.0 Å². The van der Waals surface area contributed by atoms with E-state index in [4.69, 9.17) is 0 Å². The van der Waals surface area contributed by atoms with Gasteiger partial charge in [-0.2, -0.15) is 0 Å². The van der Waals surface area contributed by atoms with E-state index < -0.39 is 10.0 Å². The van der Waals surface area contributed by atoms with Gasteiger partial charge in [-0.25, -0.2) is 8.42 Å². The van der Waals surface area contributed by atoms with E-state index in [0.29, 0.717) is 5.69 Å². The number of para-hydroxylation sites is 1. The van der Waals surface area contributed by atoms with E-state index in [1.54, 1.807) is 48.5 Å². The van der Waals surface area contributed by atoms with Gasteiger partial charge in [-0.05, 0) is 62.2 Å². The first-order valence-corrected chi connectivity index (χ1v) is 11.2. The molecule has 0 aliphatic rings. The maximum Gasteiger partial charge on any atom is 0.264 e. The molecular weight excluding hydrogens is 396 g/mol. The van der Waals surface area contributed by atoms with Gasteiger partial charge in [0, 0.05) is 18.7 Å². The van der Waals surface area contributed by atoms with Gasteiger partial charge in [0.25, 0.3) is 10.0 Å². The molecule has 0 radical (unpaired) electrons. The van der Waals surface area contributed by atoms with E-state index in [0.717, 1.165) is 22.4 Å². The number of nitrogens with one attached hydrogen (secondary N) is 1. The molecule has 0 atom stereocenters. The zero-order valence-electron chi connectivity index (χ0n) is 17.4. The molecular formula is C24H26N2O3S. The van der Waals surface area contributed by atoms with Crippen molar-refractivity contribution in [1.29, 1.82) is 0 Å². The van der Waals surface area contributed by atoms with Gasteiger partial charge in [0.2, 0.25) is 5.91 Å². The summed E-state index contributed by atoms with van der Waals surface area (Å²) in [4.78, 5) is 12.8. The molecule has 0 fully saturated rings. The van der Waals surface area contributed by atoms with Crippen LogP contribution in [0.2, 0.25) is 0 Å². The molecule has 1 amide bonds. The number of rotatable bonds is 7. The van der Waals surface area contributed by atoms with Gasteiger partial charge in [-0.15, -0.1) is 0 Å². The van der Waals surface area contributed by atoms with Crippen molar-refractivity contribution in [3.05, 3.63) is 89.5 Å². The van der Waals surface area contributed by atoms with E-state index in [-0.39, 0.29) is 23.8 Å². The first-order valence-electron chi connectivity index (χ1n) is 9.79. The number of carbonyl (C=O) groups is 1. The number of hydrogen-bond donors (Lipinski definition) is 1. The second kappa shape index (κ2) is 9.13. The zero-order chi connectivity index (χ0) is 21.7. The summed E-state index contributed by atoms with van der Waals surface area (Å²) in [5.74, 6) is -0.233. The lowest BCUT2D eigenvalue weighted by Gasteiger charge is -2.24. The van der Waals surface area contributed by atoms with Crippen LogP contribution in [0.25, 0.3) is 0 Å². The number of anilines is 2. The SMILES string of the molecule is Cc1ccc(S(=O)(=O)N(CCC(=O)Nc2cc(C)ccc2C)c2ccccc2)cc1. The number of sulfonamides is 1. The Hall–Kier alpha value is -3.12. The molecule has 5 nitrogen and oxygen atoms in total. The van der Waals surface area contributed by atoms with Crippen LogP contribution in [0.1, 0.15) is 23.1 Å². The molecule has 0 heterocycles. The predicted octanol–water partition coefficient (Wildman–Crippen LogP) is 4.84. The Bertz CT molecular complexity index is 1120. The summed E-state index contributed by atoms with van der Waals surface area (Å²) < 4.78 is 27.9. The molecule has 0 bridgehead atoms. The van der Waals surface area contributed by atoms with Crippen molar-refractivity contribution in [2.75, 3.05) is 16.2 Å². The number of amides is 1. The molecule has 1 N–H and O–H groups in total. The van der Waals surface area contributed by atoms with Crippen LogP contribution < -0.4 is 9.62 Å². The quantitative estimate of drug-likeness (QED) is 0.593. The molecule has 0 aromatic heterocycles. The van der Waals surface area contributed by atoms with Gasteiger partial charge < -0.3 is 5.32 Å². The predicted molar refractivity (Wildman–Crippen MR) is 121 cm³/mol. The Kier molecular flexibility index (Phi) is 6.57. The van der Waals surface area contributed by atoms with Crippen molar-refractivity contribution in [3.8, 4) is 0 Å². The minimum atomic E-state index is -3.80. The summed E-state index contributed by atoms with van der Waals surface area (Å²) in [7, 11) is -3.80. The lowest BCUT2D eigenvalue weighted by Crippen LogP contribution is -2.34. The highest BCUT2D eigenvalue weighted by Gasteiger charge is 2.25. The molecule has 0 saturated carbocycles. The molecule has 0 aliphatic heterocycles. The van der Waals surface area contributed by atoms with Gasteiger partial charge in [-0.3, -0.25) is 9.10 Å². The van der Waals surface area contributed by atoms with Crippen LogP contribution in [0.15, 0.2) is 77.7 Å². The van der Waals surface area contributed by atoms with Crippen molar-refractivity contribution >= 4 is 27.3 Å². The van der Waals surface area contributed by atoms with E-state index >= 15 is 0 Å². The Labute approximate surface area is 178 Å². The van der Waals surface area contributed by atoms with Crippen LogP contribution in [0, 0.1) is 20.8 Å². The smallest absolute Gasteiger partial charge is 0.264 e. The third-order valence-corrected chi connectivity index (χ3v) is 6.70. The van der Waals surface area contributed by atoms with Gasteiger partial charge in [-0.1, -0.05) is 48.0 Å². The molecule has 0 spiro atoms. The molecule has 3 aromatic rings. The largest absolute Gasteiger partial charge is 0.326 e. The van der Waals surface area contributed by atoms with Crippen LogP contribution in [0.5, 0.6) is 0 Å². The fourth-order valence-corrected chi connectivity index (χ4v) is 4.57. The van der Waals surface area contributed by atoms with Gasteiger partial charge in [0.05, 0.1) is 10.6 Å². The molecule has 30 heavy (non-hydrogen) atoms. The highest BCUT2D eigenvalue weighted by atomic mass is 32.2. The van der Waals surface area contributed by atoms with Crippen LogP contribution >= 0.6 is 0 Å². The van der Waals surface area contributed by atoms with Gasteiger partial charge in [0.15, 0.2) is 0 Å². The summed E-state index contributed by atoms with van der Waals surface area (Å²) in [6.07, 6.45) is 0.0351. The molecule has 0 unspecified atom stereocenters. The minimum Gasteiger partial charge on any atom is -0.326 e. The zero-order valence-corrected chi connectivity index (χ0v) is 18.2. The van der Waals surface area contributed by atoms with Gasteiger partial charge in [0.1, 0.15) is 0 Å². The van der Waals surface area contributed by atoms with Crippen molar-refractivity contribution in [1.82, 2.24) is 0 Å². The Morgan fingerprint density at radius 1 is 0.867 bits per heavy atom. The molecule has 3 aromatic carbocycles. The number of hydrogen-bond acceptors (Lipinski definition) is 3. The van der Waals surface area contributed by atoms with E-state index in [9.17, 15) is 13.2 Å². The van der Waals surface area contributed by atoms with Crippen molar-refractivity contribution in [2.24, 2.45) is 0 Å². The lowest BCUT2D eigenvalue weighted by atomic mass is 10.1. The number of benzene rings is 3. The van der Waals surface area contributed by atoms with E-state index in [2.05, 4.69) is 5.32 Å². The fraction of sp³-hybridized carbons (Fsp3) is 0.208. The molecule has 6 heteroatoms. The highest BCUT2D eigenvalue weighted by Crippen LogP contribution is 2.24. The topological polar surface area (TPSA) is 66.5 Å². The number of nitrogens with zero attached hydrogens (tertiary/aromatic N) is 1. The average molecular weight is 423 g/mol. The molecule has 0 aliphatic carbocycles. The van der Waals surface area contributed by atoms with Gasteiger partial charge >= 0.3 is 0 Å². The summed E-state index contributed by atoms with van der Waals surface area (Å²) in [6.45, 7) is 5.83. The maximum absolute atomic E-state index is 13.3. The van der Waals surface area contributed by atoms with Crippen LogP contribution in [0.4, 0.5) is 11.4 Å². The molecule has 0 saturated heterocycles. The van der Waals surface area contributed by atoms with Crippen molar-refractivity contribution in [2.45, 2.75) is 32.1 Å². The molecule has 156 valence electrons. The van der Waals surface area contributed by atoms with Crippen LogP contribution in [-0.4, -0.2) is 20.9 Å². The van der Waals surface area contributed by atoms with Crippen molar-refractivity contribution < 1.29 is 13.2 Å². The number of carbonyl (C=O) groups excluding carboxylic acids is 1. The lowest BCUT2D eigenvalue weighted by molar-refractivity contribution is -0.116. The van der Waals surface area contributed by atoms with Crippen molar-refractivity contribution in [3.63, 3.8) is 0 Å². The monoisotopic (exact) mass is 422 g/mol. The minimum absolute atomic E-state index is 0.0351. The standard InChI is InChI=1S/C24H26N2O3S/c1-18-10-13-22(14-11-18)30(28,29)26(21-7-5-4-6-8-21)16-15-24(27)25-23-17-19(2)9-12-20(23)3/h4-14,17H,15-16H2,1-3H3,(H,25,27). The number of aryl methyl sites for hydroxylation is 3. The molecule has 3 rings (SSSR count). The first kappa shape index (κ1) is 21.6.